The monoisotopic (exact) mass is 295 g/mol. The Morgan fingerprint density at radius 1 is 1.60 bits per heavy atom. The Morgan fingerprint density at radius 2 is 2.25 bits per heavy atom. The summed E-state index contributed by atoms with van der Waals surface area (Å²) in [6.07, 6.45) is 1.01. The summed E-state index contributed by atoms with van der Waals surface area (Å²) in [5.41, 5.74) is 6.41. The number of anilines is 2. The number of aliphatic hydroxyl groups is 1. The van der Waals surface area contributed by atoms with Crippen LogP contribution < -0.4 is 10.6 Å². The Labute approximate surface area is 121 Å². The summed E-state index contributed by atoms with van der Waals surface area (Å²) in [5, 5.41) is 19.5. The molecule has 6 nitrogen and oxygen atoms in total. The lowest BCUT2D eigenvalue weighted by Gasteiger charge is -2.30. The molecule has 0 aromatic carbocycles. The first-order valence-electron chi connectivity index (χ1n) is 6.51. The molecular weight excluding hydrogens is 278 g/mol. The van der Waals surface area contributed by atoms with Crippen molar-refractivity contribution in [3.8, 4) is 6.07 Å². The van der Waals surface area contributed by atoms with E-state index in [0.29, 0.717) is 36.5 Å². The molecule has 0 unspecified atom stereocenters. The Kier molecular flexibility index (Phi) is 4.47. The van der Waals surface area contributed by atoms with Crippen molar-refractivity contribution in [3.63, 3.8) is 0 Å². The summed E-state index contributed by atoms with van der Waals surface area (Å²) in [7, 11) is 0. The zero-order chi connectivity index (χ0) is 14.7. The van der Waals surface area contributed by atoms with Crippen molar-refractivity contribution in [1.29, 1.82) is 5.26 Å². The van der Waals surface area contributed by atoms with E-state index < -0.39 is 5.97 Å². The molecule has 2 rings (SSSR count). The van der Waals surface area contributed by atoms with E-state index in [1.54, 1.807) is 6.92 Å². The van der Waals surface area contributed by atoms with Crippen LogP contribution in [-0.2, 0) is 4.74 Å². The zero-order valence-electron chi connectivity index (χ0n) is 11.3. The van der Waals surface area contributed by atoms with E-state index in [4.69, 9.17) is 10.5 Å². The summed E-state index contributed by atoms with van der Waals surface area (Å²) in [6.45, 7) is 3.29. The summed E-state index contributed by atoms with van der Waals surface area (Å²) in [4.78, 5) is 14.1. The lowest BCUT2D eigenvalue weighted by atomic mass is 10.1. The number of thiophene rings is 1. The van der Waals surface area contributed by atoms with E-state index in [2.05, 4.69) is 6.07 Å². The molecule has 2 heterocycles. The van der Waals surface area contributed by atoms with Crippen molar-refractivity contribution in [1.82, 2.24) is 0 Å². The first kappa shape index (κ1) is 14.6. The maximum Gasteiger partial charge on any atom is 0.350 e. The largest absolute Gasteiger partial charge is 0.462 e. The number of piperidine rings is 1. The summed E-state index contributed by atoms with van der Waals surface area (Å²) < 4.78 is 4.95. The standard InChI is InChI=1S/C13H17N3O3S/c1-2-19-13(18)11-10(15)9(7-14)12(20-11)16-5-3-8(17)4-6-16/h8,17H,2-6,15H2,1H3. The molecule has 1 aliphatic heterocycles. The van der Waals surface area contributed by atoms with Crippen LogP contribution in [-0.4, -0.2) is 36.9 Å². The van der Waals surface area contributed by atoms with Crippen molar-refractivity contribution in [2.45, 2.75) is 25.9 Å². The number of hydrogen-bond donors (Lipinski definition) is 2. The lowest BCUT2D eigenvalue weighted by molar-refractivity contribution is 0.0533. The first-order chi connectivity index (χ1) is 9.58. The predicted octanol–water partition coefficient (Wildman–Crippen LogP) is 1.34. The second kappa shape index (κ2) is 6.11. The molecule has 0 bridgehead atoms. The molecule has 1 aromatic rings. The maximum atomic E-state index is 11.8. The molecule has 7 heteroatoms. The Morgan fingerprint density at radius 3 is 2.80 bits per heavy atom. The van der Waals surface area contributed by atoms with Crippen molar-refractivity contribution in [2.75, 3.05) is 30.3 Å². The van der Waals surface area contributed by atoms with Gasteiger partial charge in [0.25, 0.3) is 0 Å². The number of nitrogen functional groups attached to an aromatic ring is 1. The van der Waals surface area contributed by atoms with Gasteiger partial charge < -0.3 is 20.5 Å². The third-order valence-electron chi connectivity index (χ3n) is 3.25. The summed E-state index contributed by atoms with van der Waals surface area (Å²) in [6, 6.07) is 2.06. The quantitative estimate of drug-likeness (QED) is 0.816. The number of hydrogen-bond acceptors (Lipinski definition) is 7. The number of rotatable bonds is 3. The van der Waals surface area contributed by atoms with E-state index >= 15 is 0 Å². The molecule has 0 atom stereocenters. The molecule has 1 aromatic heterocycles. The van der Waals surface area contributed by atoms with Gasteiger partial charge in [-0.05, 0) is 19.8 Å². The van der Waals surface area contributed by atoms with Crippen LogP contribution in [0.25, 0.3) is 0 Å². The number of nitrogens with two attached hydrogens (primary N) is 1. The van der Waals surface area contributed by atoms with Crippen molar-refractivity contribution in [3.05, 3.63) is 10.4 Å². The van der Waals surface area contributed by atoms with Crippen LogP contribution in [0.4, 0.5) is 10.7 Å². The van der Waals surface area contributed by atoms with Gasteiger partial charge in [0.1, 0.15) is 21.5 Å². The van der Waals surface area contributed by atoms with Crippen LogP contribution in [0.2, 0.25) is 0 Å². The second-order valence-electron chi connectivity index (χ2n) is 4.58. The zero-order valence-corrected chi connectivity index (χ0v) is 12.1. The average Bonchev–Trinajstić information content (AvgIpc) is 2.77. The van der Waals surface area contributed by atoms with Gasteiger partial charge in [-0.3, -0.25) is 0 Å². The van der Waals surface area contributed by atoms with Crippen molar-refractivity contribution in [2.24, 2.45) is 0 Å². The van der Waals surface area contributed by atoms with E-state index in [1.165, 1.54) is 11.3 Å². The van der Waals surface area contributed by atoms with E-state index in [9.17, 15) is 15.2 Å². The molecule has 1 fully saturated rings. The van der Waals surface area contributed by atoms with E-state index in [1.807, 2.05) is 4.90 Å². The van der Waals surface area contributed by atoms with E-state index in [0.717, 1.165) is 0 Å². The van der Waals surface area contributed by atoms with Gasteiger partial charge >= 0.3 is 5.97 Å². The number of carbonyl (C=O) groups excluding carboxylic acids is 1. The van der Waals surface area contributed by atoms with Crippen molar-refractivity contribution >= 4 is 28.0 Å². The van der Waals surface area contributed by atoms with Gasteiger partial charge in [0.05, 0.1) is 18.4 Å². The Bertz CT molecular complexity index is 542. The molecule has 0 amide bonds. The number of esters is 1. The van der Waals surface area contributed by atoms with Crippen LogP contribution in [0, 0.1) is 11.3 Å². The van der Waals surface area contributed by atoms with Crippen LogP contribution in [0.1, 0.15) is 35.0 Å². The summed E-state index contributed by atoms with van der Waals surface area (Å²) in [5.74, 6) is -0.491. The SMILES string of the molecule is CCOC(=O)c1sc(N2CCC(O)CC2)c(C#N)c1N. The van der Waals surface area contributed by atoms with Gasteiger partial charge in [-0.25, -0.2) is 4.79 Å². The minimum atomic E-state index is -0.491. The highest BCUT2D eigenvalue weighted by molar-refractivity contribution is 7.18. The van der Waals surface area contributed by atoms with Gasteiger partial charge in [0, 0.05) is 13.1 Å². The topological polar surface area (TPSA) is 99.6 Å². The Balaban J connectivity index is 2.31. The van der Waals surface area contributed by atoms with Crippen LogP contribution in [0.3, 0.4) is 0 Å². The molecule has 0 radical (unpaired) electrons. The molecule has 1 saturated heterocycles. The van der Waals surface area contributed by atoms with Gasteiger partial charge in [-0.2, -0.15) is 5.26 Å². The van der Waals surface area contributed by atoms with Crippen molar-refractivity contribution < 1.29 is 14.6 Å². The highest BCUT2D eigenvalue weighted by Crippen LogP contribution is 2.39. The molecule has 108 valence electrons. The van der Waals surface area contributed by atoms with Gasteiger partial charge in [-0.1, -0.05) is 0 Å². The highest BCUT2D eigenvalue weighted by atomic mass is 32.1. The first-order valence-corrected chi connectivity index (χ1v) is 7.32. The van der Waals surface area contributed by atoms with Crippen LogP contribution >= 0.6 is 11.3 Å². The molecule has 20 heavy (non-hydrogen) atoms. The lowest BCUT2D eigenvalue weighted by Crippen LogP contribution is -2.35. The Hall–Kier alpha value is -1.78. The number of carbonyl (C=O) groups is 1. The van der Waals surface area contributed by atoms with Crippen LogP contribution in [0.15, 0.2) is 0 Å². The maximum absolute atomic E-state index is 11.8. The fraction of sp³-hybridized carbons (Fsp3) is 0.538. The normalized spacial score (nSPS) is 15.9. The smallest absolute Gasteiger partial charge is 0.350 e. The van der Waals surface area contributed by atoms with Gasteiger partial charge in [0.2, 0.25) is 0 Å². The fourth-order valence-electron chi connectivity index (χ4n) is 2.18. The molecule has 1 aliphatic rings. The minimum Gasteiger partial charge on any atom is -0.462 e. The van der Waals surface area contributed by atoms with E-state index in [-0.39, 0.29) is 23.3 Å². The number of aliphatic hydroxyl groups excluding tert-OH is 1. The van der Waals surface area contributed by atoms with Crippen LogP contribution in [0.5, 0.6) is 0 Å². The third-order valence-corrected chi connectivity index (χ3v) is 4.50. The van der Waals surface area contributed by atoms with Gasteiger partial charge in [0.15, 0.2) is 0 Å². The highest BCUT2D eigenvalue weighted by Gasteiger charge is 2.27. The molecule has 0 saturated carbocycles. The molecule has 0 spiro atoms. The average molecular weight is 295 g/mol. The fourth-order valence-corrected chi connectivity index (χ4v) is 3.30. The number of nitriles is 1. The molecule has 3 N–H and O–H groups in total. The van der Waals surface area contributed by atoms with Gasteiger partial charge in [-0.15, -0.1) is 11.3 Å². The number of nitrogens with zero attached hydrogens (tertiary/aromatic N) is 2. The second-order valence-corrected chi connectivity index (χ2v) is 5.57. The predicted molar refractivity (Wildman–Crippen MR) is 76.9 cm³/mol. The molecule has 0 aliphatic carbocycles. The number of ether oxygens (including phenoxy) is 1. The minimum absolute atomic E-state index is 0.192. The summed E-state index contributed by atoms with van der Waals surface area (Å²) >= 11 is 1.19. The third kappa shape index (κ3) is 2.71. The molecular formula is C13H17N3O3S.